The summed E-state index contributed by atoms with van der Waals surface area (Å²) >= 11 is 1.40. The summed E-state index contributed by atoms with van der Waals surface area (Å²) in [6, 6.07) is 4.01. The molecule has 3 aromatic heterocycles. The van der Waals surface area contributed by atoms with Crippen molar-refractivity contribution < 1.29 is 14.3 Å². The molecule has 2 aliphatic heterocycles. The number of fused-ring (bicyclic) bond motifs is 6. The van der Waals surface area contributed by atoms with Crippen molar-refractivity contribution in [2.45, 2.75) is 31.7 Å². The molecule has 0 radical (unpaired) electrons. The van der Waals surface area contributed by atoms with Gasteiger partial charge in [-0.1, -0.05) is 0 Å². The third-order valence-electron chi connectivity index (χ3n) is 6.09. The largest absolute Gasteiger partial charge is 0.381 e. The van der Waals surface area contributed by atoms with Gasteiger partial charge in [-0.2, -0.15) is 5.10 Å². The molecule has 10 nitrogen and oxygen atoms in total. The summed E-state index contributed by atoms with van der Waals surface area (Å²) in [7, 11) is 1.99. The molecule has 0 spiro atoms. The third kappa shape index (κ3) is 4.80. The second-order valence-corrected chi connectivity index (χ2v) is 9.35. The Bertz CT molecular complexity index is 1180. The average molecular weight is 482 g/mol. The second kappa shape index (κ2) is 9.90. The lowest BCUT2D eigenvalue weighted by Crippen LogP contribution is -2.28. The summed E-state index contributed by atoms with van der Waals surface area (Å²) in [6.07, 6.45) is 6.83. The SMILES string of the molecule is CN1CCCCNC(=O)c2nn(C3CCOCC3)cc2NC(=O)c2csc(n2)-c2ccnc1c2. The van der Waals surface area contributed by atoms with Crippen LogP contribution in [-0.2, 0) is 4.74 Å². The quantitative estimate of drug-likeness (QED) is 0.549. The Labute approximate surface area is 201 Å². The van der Waals surface area contributed by atoms with E-state index in [1.807, 2.05) is 19.2 Å². The highest BCUT2D eigenvalue weighted by atomic mass is 32.1. The normalized spacial score (nSPS) is 18.1. The molecule has 3 aromatic rings. The number of nitrogens with one attached hydrogen (secondary N) is 2. The number of anilines is 2. The molecule has 5 heterocycles. The van der Waals surface area contributed by atoms with E-state index in [1.165, 1.54) is 11.3 Å². The van der Waals surface area contributed by atoms with Gasteiger partial charge >= 0.3 is 0 Å². The zero-order valence-corrected chi connectivity index (χ0v) is 19.8. The van der Waals surface area contributed by atoms with Crippen LogP contribution in [0.25, 0.3) is 10.6 Å². The second-order valence-electron chi connectivity index (χ2n) is 8.49. The Balaban J connectivity index is 1.47. The fourth-order valence-corrected chi connectivity index (χ4v) is 4.92. The third-order valence-corrected chi connectivity index (χ3v) is 6.98. The van der Waals surface area contributed by atoms with Crippen LogP contribution in [0.1, 0.15) is 52.7 Å². The van der Waals surface area contributed by atoms with Crippen LogP contribution in [0.4, 0.5) is 11.5 Å². The van der Waals surface area contributed by atoms with E-state index < -0.39 is 0 Å². The van der Waals surface area contributed by atoms with Gasteiger partial charge in [0.1, 0.15) is 16.5 Å². The van der Waals surface area contributed by atoms with E-state index in [0.29, 0.717) is 31.1 Å². The van der Waals surface area contributed by atoms with Gasteiger partial charge in [-0.05, 0) is 37.8 Å². The number of carbonyl (C=O) groups is 2. The van der Waals surface area contributed by atoms with Gasteiger partial charge in [-0.3, -0.25) is 14.3 Å². The van der Waals surface area contributed by atoms with Gasteiger partial charge in [-0.25, -0.2) is 9.97 Å². The predicted octanol–water partition coefficient (Wildman–Crippen LogP) is 2.97. The molecule has 0 unspecified atom stereocenters. The van der Waals surface area contributed by atoms with Crippen molar-refractivity contribution in [3.05, 3.63) is 41.3 Å². The number of ether oxygens (including phenoxy) is 1. The number of hydrogen-bond acceptors (Lipinski definition) is 8. The molecule has 2 amide bonds. The van der Waals surface area contributed by atoms with Gasteiger partial charge in [0.05, 0.1) is 11.7 Å². The molecule has 0 saturated carbocycles. The maximum Gasteiger partial charge on any atom is 0.275 e. The number of pyridine rings is 1. The van der Waals surface area contributed by atoms with Crippen LogP contribution >= 0.6 is 11.3 Å². The van der Waals surface area contributed by atoms with E-state index in [-0.39, 0.29) is 23.6 Å². The van der Waals surface area contributed by atoms with Gasteiger partial charge < -0.3 is 20.3 Å². The number of aromatic nitrogens is 4. The Kier molecular flexibility index (Phi) is 6.54. The first-order chi connectivity index (χ1) is 16.6. The number of thiazole rings is 1. The summed E-state index contributed by atoms with van der Waals surface area (Å²) in [4.78, 5) is 37.1. The fourth-order valence-electron chi connectivity index (χ4n) is 4.12. The van der Waals surface area contributed by atoms with Crippen molar-refractivity contribution in [2.24, 2.45) is 0 Å². The smallest absolute Gasteiger partial charge is 0.275 e. The van der Waals surface area contributed by atoms with Gasteiger partial charge in [-0.15, -0.1) is 11.3 Å². The zero-order valence-electron chi connectivity index (χ0n) is 19.0. The molecule has 0 aliphatic carbocycles. The van der Waals surface area contributed by atoms with Crippen molar-refractivity contribution in [1.82, 2.24) is 25.1 Å². The van der Waals surface area contributed by atoms with Crippen molar-refractivity contribution in [3.8, 4) is 10.6 Å². The van der Waals surface area contributed by atoms with Crippen LogP contribution in [0.15, 0.2) is 29.9 Å². The molecule has 11 heteroatoms. The summed E-state index contributed by atoms with van der Waals surface area (Å²) in [5.74, 6) is 0.166. The van der Waals surface area contributed by atoms with E-state index in [1.54, 1.807) is 22.5 Å². The average Bonchev–Trinajstić information content (AvgIpc) is 3.52. The van der Waals surface area contributed by atoms with E-state index in [9.17, 15) is 9.59 Å². The molecule has 5 rings (SSSR count). The van der Waals surface area contributed by atoms with Crippen molar-refractivity contribution in [2.75, 3.05) is 43.6 Å². The van der Waals surface area contributed by atoms with Crippen LogP contribution in [0, 0.1) is 0 Å². The number of nitrogens with zero attached hydrogens (tertiary/aromatic N) is 5. The number of carbonyl (C=O) groups excluding carboxylic acids is 2. The molecule has 4 bridgehead atoms. The molecule has 0 aromatic carbocycles. The number of rotatable bonds is 1. The zero-order chi connectivity index (χ0) is 23.5. The number of amides is 2. The highest BCUT2D eigenvalue weighted by Crippen LogP contribution is 2.28. The minimum Gasteiger partial charge on any atom is -0.381 e. The summed E-state index contributed by atoms with van der Waals surface area (Å²) in [5.41, 5.74) is 1.81. The molecule has 2 aliphatic rings. The molecular formula is C23H27N7O3S. The highest BCUT2D eigenvalue weighted by molar-refractivity contribution is 7.13. The molecule has 1 fully saturated rings. The number of hydrogen-bond donors (Lipinski definition) is 2. The van der Waals surface area contributed by atoms with Crippen LogP contribution in [-0.4, -0.2) is 64.9 Å². The van der Waals surface area contributed by atoms with Gasteiger partial charge in [0, 0.05) is 56.7 Å². The van der Waals surface area contributed by atoms with Crippen molar-refractivity contribution in [3.63, 3.8) is 0 Å². The molecular weight excluding hydrogens is 454 g/mol. The standard InChI is InChI=1S/C23H27N7O3S/c1-29-9-3-2-7-25-22(32)20-17(13-30(28-20)16-5-10-33-11-6-16)26-21(31)18-14-34-23(27-18)15-4-8-24-19(29)12-15/h4,8,12-14,16H,2-3,5-7,9-11H2,1H3,(H,25,32)(H,26,31). The van der Waals surface area contributed by atoms with Crippen LogP contribution in [0.5, 0.6) is 0 Å². The van der Waals surface area contributed by atoms with E-state index in [0.717, 1.165) is 48.6 Å². The highest BCUT2D eigenvalue weighted by Gasteiger charge is 2.24. The summed E-state index contributed by atoms with van der Waals surface area (Å²) in [5, 5.41) is 12.8. The lowest BCUT2D eigenvalue weighted by atomic mass is 10.1. The van der Waals surface area contributed by atoms with Crippen molar-refractivity contribution >= 4 is 34.7 Å². The first-order valence-electron chi connectivity index (χ1n) is 11.5. The first-order valence-corrected chi connectivity index (χ1v) is 12.4. The fraction of sp³-hybridized carbons (Fsp3) is 0.435. The molecule has 2 N–H and O–H groups in total. The van der Waals surface area contributed by atoms with Crippen LogP contribution in [0.2, 0.25) is 0 Å². The minimum absolute atomic E-state index is 0.131. The Morgan fingerprint density at radius 3 is 2.88 bits per heavy atom. The lowest BCUT2D eigenvalue weighted by molar-refractivity contribution is 0.0660. The Morgan fingerprint density at radius 1 is 1.18 bits per heavy atom. The summed E-state index contributed by atoms with van der Waals surface area (Å²) < 4.78 is 7.23. The minimum atomic E-state index is -0.376. The predicted molar refractivity (Wildman–Crippen MR) is 129 cm³/mol. The maximum atomic E-state index is 13.0. The molecule has 1 saturated heterocycles. The van der Waals surface area contributed by atoms with Gasteiger partial charge in [0.25, 0.3) is 11.8 Å². The molecule has 0 atom stereocenters. The van der Waals surface area contributed by atoms with E-state index in [2.05, 4.69) is 30.6 Å². The molecule has 178 valence electrons. The van der Waals surface area contributed by atoms with Gasteiger partial charge in [0.15, 0.2) is 5.69 Å². The topological polar surface area (TPSA) is 114 Å². The Hall–Kier alpha value is -3.31. The lowest BCUT2D eigenvalue weighted by Gasteiger charge is -2.22. The van der Waals surface area contributed by atoms with Crippen LogP contribution < -0.4 is 15.5 Å². The first kappa shape index (κ1) is 22.5. The van der Waals surface area contributed by atoms with Crippen molar-refractivity contribution in [1.29, 1.82) is 0 Å². The van der Waals surface area contributed by atoms with Crippen LogP contribution in [0.3, 0.4) is 0 Å². The molecule has 34 heavy (non-hydrogen) atoms. The summed E-state index contributed by atoms with van der Waals surface area (Å²) in [6.45, 7) is 2.63. The monoisotopic (exact) mass is 481 g/mol. The van der Waals surface area contributed by atoms with Gasteiger partial charge in [0.2, 0.25) is 0 Å². The Morgan fingerprint density at radius 2 is 2.03 bits per heavy atom. The van der Waals surface area contributed by atoms with E-state index in [4.69, 9.17) is 4.74 Å². The maximum absolute atomic E-state index is 13.0. The van der Waals surface area contributed by atoms with E-state index >= 15 is 0 Å².